The van der Waals surface area contributed by atoms with Gasteiger partial charge in [0.05, 0.1) is 24.3 Å². The topological polar surface area (TPSA) is 100 Å². The standard InChI is InChI=1S/C38H31N3O3/c1-4-26-7-15-30(16-8-26)38(31-17-9-27(5-2)10-18-31,32-19-11-28(6-3)12-20-32)33-21-13-29(14-22-33)34(41-39)24-40-37-23-35(43)36(25-42)44-37/h1-3,7-22,24,35-37,42-43H,23,25,39H2/t35?,36-,37-/m1/s1. The highest BCUT2D eigenvalue weighted by Crippen LogP contribution is 2.45. The fourth-order valence-corrected chi connectivity index (χ4v) is 5.64. The van der Waals surface area contributed by atoms with E-state index in [2.05, 4.69) is 27.9 Å². The minimum atomic E-state index is -0.785. The first-order valence-electron chi connectivity index (χ1n) is 14.0. The average molecular weight is 578 g/mol. The summed E-state index contributed by atoms with van der Waals surface area (Å²) in [5.74, 6) is 13.9. The van der Waals surface area contributed by atoms with Gasteiger partial charge in [-0.2, -0.15) is 5.10 Å². The minimum absolute atomic E-state index is 0.274. The van der Waals surface area contributed by atoms with Gasteiger partial charge in [0, 0.05) is 28.7 Å². The summed E-state index contributed by atoms with van der Waals surface area (Å²) < 4.78 is 5.58. The number of hydrazone groups is 1. The zero-order valence-corrected chi connectivity index (χ0v) is 24.0. The third-order valence-corrected chi connectivity index (χ3v) is 7.95. The van der Waals surface area contributed by atoms with Crippen LogP contribution >= 0.6 is 0 Å². The monoisotopic (exact) mass is 577 g/mol. The van der Waals surface area contributed by atoms with E-state index in [1.807, 2.05) is 97.1 Å². The lowest BCUT2D eigenvalue weighted by atomic mass is 9.64. The molecule has 1 heterocycles. The van der Waals surface area contributed by atoms with Crippen LogP contribution in [-0.2, 0) is 10.2 Å². The Labute approximate surface area is 258 Å². The van der Waals surface area contributed by atoms with Crippen molar-refractivity contribution in [1.29, 1.82) is 0 Å². The van der Waals surface area contributed by atoms with E-state index in [1.54, 1.807) is 0 Å². The molecule has 4 aromatic carbocycles. The fourth-order valence-electron chi connectivity index (χ4n) is 5.64. The first kappa shape index (κ1) is 30.1. The first-order chi connectivity index (χ1) is 21.5. The molecule has 5 rings (SSSR count). The van der Waals surface area contributed by atoms with Crippen molar-refractivity contribution in [3.63, 3.8) is 0 Å². The molecule has 0 amide bonds. The van der Waals surface area contributed by atoms with Crippen LogP contribution in [0.1, 0.15) is 50.9 Å². The predicted octanol–water partition coefficient (Wildman–Crippen LogP) is 4.22. The molecule has 0 aromatic heterocycles. The van der Waals surface area contributed by atoms with Gasteiger partial charge in [-0.3, -0.25) is 4.99 Å². The second-order valence-electron chi connectivity index (χ2n) is 10.4. The van der Waals surface area contributed by atoms with Crippen molar-refractivity contribution in [3.05, 3.63) is 142 Å². The van der Waals surface area contributed by atoms with Gasteiger partial charge >= 0.3 is 0 Å². The fraction of sp³-hybridized carbons (Fsp3) is 0.158. The zero-order chi connectivity index (χ0) is 31.1. The van der Waals surface area contributed by atoms with E-state index in [0.717, 1.165) is 44.5 Å². The lowest BCUT2D eigenvalue weighted by Gasteiger charge is -2.37. The summed E-state index contributed by atoms with van der Waals surface area (Å²) >= 11 is 0. The highest BCUT2D eigenvalue weighted by Gasteiger charge is 2.38. The van der Waals surface area contributed by atoms with Crippen LogP contribution in [0.2, 0.25) is 0 Å². The van der Waals surface area contributed by atoms with E-state index in [-0.39, 0.29) is 13.0 Å². The Morgan fingerprint density at radius 1 is 0.773 bits per heavy atom. The number of benzene rings is 4. The summed E-state index contributed by atoms with van der Waals surface area (Å²) in [6, 6.07) is 31.8. The summed E-state index contributed by atoms with van der Waals surface area (Å²) in [4.78, 5) is 4.40. The summed E-state index contributed by atoms with van der Waals surface area (Å²) in [5.41, 5.74) is 6.68. The molecule has 0 bridgehead atoms. The lowest BCUT2D eigenvalue weighted by Crippen LogP contribution is -2.31. The Morgan fingerprint density at radius 2 is 1.18 bits per heavy atom. The number of ether oxygens (including phenoxy) is 1. The maximum atomic E-state index is 10.0. The van der Waals surface area contributed by atoms with Crippen LogP contribution in [0.3, 0.4) is 0 Å². The molecule has 0 radical (unpaired) electrons. The van der Waals surface area contributed by atoms with Crippen molar-refractivity contribution < 1.29 is 14.9 Å². The van der Waals surface area contributed by atoms with Crippen LogP contribution in [0, 0.1) is 37.0 Å². The Kier molecular flexibility index (Phi) is 9.06. The SMILES string of the molecule is C#Cc1ccc(C(c2ccc(C#C)cc2)(c2ccc(C#C)cc2)c2ccc(C(C=N[C@H]3CC(O)[C@@H](CO)O3)=NN)cc2)cc1. The van der Waals surface area contributed by atoms with E-state index >= 15 is 0 Å². The molecule has 216 valence electrons. The van der Waals surface area contributed by atoms with Crippen molar-refractivity contribution in [1.82, 2.24) is 0 Å². The number of terminal acetylenes is 3. The van der Waals surface area contributed by atoms with Gasteiger partial charge in [-0.15, -0.1) is 19.3 Å². The molecule has 1 fully saturated rings. The molecule has 3 atom stereocenters. The van der Waals surface area contributed by atoms with Gasteiger partial charge in [0.25, 0.3) is 0 Å². The van der Waals surface area contributed by atoms with Crippen LogP contribution < -0.4 is 5.84 Å². The number of nitrogens with zero attached hydrogens (tertiary/aromatic N) is 2. The molecule has 1 unspecified atom stereocenters. The molecule has 1 aliphatic heterocycles. The molecule has 4 aromatic rings. The smallest absolute Gasteiger partial charge is 0.151 e. The number of nitrogens with two attached hydrogens (primary N) is 1. The summed E-state index contributed by atoms with van der Waals surface area (Å²) in [7, 11) is 0. The highest BCUT2D eigenvalue weighted by atomic mass is 16.5. The van der Waals surface area contributed by atoms with Gasteiger partial charge in [-0.25, -0.2) is 0 Å². The van der Waals surface area contributed by atoms with E-state index in [9.17, 15) is 10.2 Å². The Bertz CT molecular complexity index is 1650. The average Bonchev–Trinajstić information content (AvgIpc) is 3.45. The van der Waals surface area contributed by atoms with Crippen LogP contribution in [-0.4, -0.2) is 47.2 Å². The number of aliphatic hydroxyl groups is 2. The van der Waals surface area contributed by atoms with Crippen LogP contribution in [0.25, 0.3) is 0 Å². The second kappa shape index (κ2) is 13.3. The van der Waals surface area contributed by atoms with E-state index in [1.165, 1.54) is 6.21 Å². The molecular weight excluding hydrogens is 546 g/mol. The van der Waals surface area contributed by atoms with Gasteiger partial charge in [0.2, 0.25) is 0 Å². The normalized spacial score (nSPS) is 18.4. The molecule has 44 heavy (non-hydrogen) atoms. The number of aliphatic hydroxyl groups excluding tert-OH is 2. The van der Waals surface area contributed by atoms with E-state index in [4.69, 9.17) is 29.8 Å². The van der Waals surface area contributed by atoms with Crippen molar-refractivity contribution in [2.45, 2.75) is 30.3 Å². The minimum Gasteiger partial charge on any atom is -0.394 e. The maximum Gasteiger partial charge on any atom is 0.151 e. The molecule has 6 heteroatoms. The number of rotatable bonds is 8. The van der Waals surface area contributed by atoms with E-state index < -0.39 is 23.9 Å². The third-order valence-electron chi connectivity index (χ3n) is 7.95. The first-order valence-corrected chi connectivity index (χ1v) is 14.0. The molecule has 6 nitrogen and oxygen atoms in total. The van der Waals surface area contributed by atoms with Crippen molar-refractivity contribution in [3.8, 4) is 37.0 Å². The zero-order valence-electron chi connectivity index (χ0n) is 24.0. The third kappa shape index (κ3) is 5.77. The predicted molar refractivity (Wildman–Crippen MR) is 174 cm³/mol. The van der Waals surface area contributed by atoms with Crippen molar-refractivity contribution in [2.75, 3.05) is 6.61 Å². The Morgan fingerprint density at radius 3 is 1.52 bits per heavy atom. The maximum absolute atomic E-state index is 10.0. The molecule has 1 aliphatic rings. The second-order valence-corrected chi connectivity index (χ2v) is 10.4. The summed E-state index contributed by atoms with van der Waals surface area (Å²) in [5, 5.41) is 23.3. The van der Waals surface area contributed by atoms with Gasteiger partial charge in [0.15, 0.2) is 6.23 Å². The van der Waals surface area contributed by atoms with E-state index in [0.29, 0.717) is 5.71 Å². The Hall–Kier alpha value is -5.42. The summed E-state index contributed by atoms with van der Waals surface area (Å²) in [6.07, 6.45) is 16.8. The largest absolute Gasteiger partial charge is 0.394 e. The van der Waals surface area contributed by atoms with Gasteiger partial charge in [-0.05, 0) is 58.7 Å². The summed E-state index contributed by atoms with van der Waals surface area (Å²) in [6.45, 7) is -0.281. The van der Waals surface area contributed by atoms with Crippen LogP contribution in [0.15, 0.2) is 107 Å². The Balaban J connectivity index is 1.64. The molecular formula is C38H31N3O3. The molecule has 4 N–H and O–H groups in total. The van der Waals surface area contributed by atoms with Gasteiger partial charge in [0.1, 0.15) is 11.8 Å². The quantitative estimate of drug-likeness (QED) is 0.0960. The van der Waals surface area contributed by atoms with Crippen LogP contribution in [0.5, 0.6) is 0 Å². The lowest BCUT2D eigenvalue weighted by molar-refractivity contribution is -0.0192. The van der Waals surface area contributed by atoms with Crippen LogP contribution in [0.4, 0.5) is 0 Å². The van der Waals surface area contributed by atoms with Crippen molar-refractivity contribution >= 4 is 11.9 Å². The number of hydrogen-bond donors (Lipinski definition) is 3. The molecule has 0 spiro atoms. The van der Waals surface area contributed by atoms with Crippen molar-refractivity contribution in [2.24, 2.45) is 15.9 Å². The van der Waals surface area contributed by atoms with Gasteiger partial charge in [-0.1, -0.05) is 78.4 Å². The molecule has 0 aliphatic carbocycles. The number of aliphatic imine (C=N–C) groups is 1. The molecule has 1 saturated heterocycles. The van der Waals surface area contributed by atoms with Gasteiger partial charge < -0.3 is 20.8 Å². The molecule has 0 saturated carbocycles. The number of hydrogen-bond acceptors (Lipinski definition) is 6. The highest BCUT2D eigenvalue weighted by molar-refractivity contribution is 6.38.